The molecule has 0 fully saturated rings. The van der Waals surface area contributed by atoms with Crippen LogP contribution in [0.1, 0.15) is 102 Å². The quantitative estimate of drug-likeness (QED) is 0.0764. The summed E-state index contributed by atoms with van der Waals surface area (Å²) in [4.78, 5) is 11.6. The summed E-state index contributed by atoms with van der Waals surface area (Å²) in [6, 6.07) is 9.55. The lowest BCUT2D eigenvalue weighted by atomic mass is 10.0. The minimum absolute atomic E-state index is 0.249. The molecule has 0 aliphatic rings. The highest BCUT2D eigenvalue weighted by Crippen LogP contribution is 2.13. The molecule has 0 atom stereocenters. The molecule has 1 aromatic carbocycles. The normalized spacial score (nSPS) is 11.2. The van der Waals surface area contributed by atoms with Crippen LogP contribution >= 0.6 is 0 Å². The maximum absolute atomic E-state index is 11.6. The average molecular weight is 640 g/mol. The maximum atomic E-state index is 11.6. The Morgan fingerprint density at radius 3 is 1.31 bits per heavy atom. The fourth-order valence-corrected chi connectivity index (χ4v) is 4.60. The second-order valence-electron chi connectivity index (χ2n) is 11.3. The van der Waals surface area contributed by atoms with Crippen molar-refractivity contribution in [1.82, 2.24) is 5.32 Å². The van der Waals surface area contributed by atoms with E-state index in [0.717, 1.165) is 18.6 Å². The number of nitrogens with one attached hydrogen (secondary N) is 1. The first-order chi connectivity index (χ1) is 22.3. The van der Waals surface area contributed by atoms with Gasteiger partial charge in [-0.05, 0) is 12.0 Å². The van der Waals surface area contributed by atoms with E-state index in [0.29, 0.717) is 79.2 Å². The largest absolute Gasteiger partial charge is 0.445 e. The van der Waals surface area contributed by atoms with Crippen LogP contribution in [0, 0.1) is 0 Å². The number of benzene rings is 1. The smallest absolute Gasteiger partial charge is 0.407 e. The highest BCUT2D eigenvalue weighted by atomic mass is 16.6. The number of ether oxygens (including phenoxy) is 7. The lowest BCUT2D eigenvalue weighted by molar-refractivity contribution is -0.0167. The summed E-state index contributed by atoms with van der Waals surface area (Å²) in [6.45, 7) is 9.49. The van der Waals surface area contributed by atoms with Crippen LogP contribution in [-0.2, 0) is 39.8 Å². The molecule has 1 N–H and O–H groups in total. The molecule has 45 heavy (non-hydrogen) atoms. The number of unbranched alkanes of at least 4 members (excludes halogenated alkanes) is 13. The van der Waals surface area contributed by atoms with E-state index in [9.17, 15) is 4.79 Å². The van der Waals surface area contributed by atoms with E-state index in [4.69, 9.17) is 33.2 Å². The first-order valence-corrected chi connectivity index (χ1v) is 17.7. The van der Waals surface area contributed by atoms with E-state index in [1.54, 1.807) is 0 Å². The van der Waals surface area contributed by atoms with E-state index in [2.05, 4.69) is 12.2 Å². The van der Waals surface area contributed by atoms with Crippen molar-refractivity contribution in [2.24, 2.45) is 0 Å². The van der Waals surface area contributed by atoms with Crippen molar-refractivity contribution < 1.29 is 38.0 Å². The van der Waals surface area contributed by atoms with Crippen LogP contribution in [0.2, 0.25) is 0 Å². The molecule has 1 rings (SSSR count). The standard InChI is InChI=1S/C36H65NO8/c1-2-3-4-5-6-7-8-9-10-11-12-13-14-18-22-39-24-26-41-28-30-43-32-33-44-31-29-42-27-25-40-23-21-37-36(38)45-34-35-19-16-15-17-20-35/h15-17,19-20H,2-14,18,21-34H2,1H3,(H,37,38). The van der Waals surface area contributed by atoms with Gasteiger partial charge in [0.15, 0.2) is 0 Å². The highest BCUT2D eigenvalue weighted by Gasteiger charge is 2.02. The van der Waals surface area contributed by atoms with Gasteiger partial charge in [-0.1, -0.05) is 121 Å². The summed E-state index contributed by atoms with van der Waals surface area (Å²) in [5.74, 6) is 0. The minimum atomic E-state index is -0.456. The van der Waals surface area contributed by atoms with Gasteiger partial charge in [0.1, 0.15) is 6.61 Å². The summed E-state index contributed by atoms with van der Waals surface area (Å²) in [5, 5.41) is 2.65. The molecule has 0 unspecified atom stereocenters. The van der Waals surface area contributed by atoms with Gasteiger partial charge < -0.3 is 38.5 Å². The molecule has 262 valence electrons. The number of alkyl carbamates (subject to hydrolysis) is 1. The second kappa shape index (κ2) is 35.1. The van der Waals surface area contributed by atoms with Gasteiger partial charge in [0.25, 0.3) is 0 Å². The summed E-state index contributed by atoms with van der Waals surface area (Å²) in [6.07, 6.45) is 18.8. The molecular weight excluding hydrogens is 574 g/mol. The minimum Gasteiger partial charge on any atom is -0.445 e. The molecule has 9 nitrogen and oxygen atoms in total. The summed E-state index contributed by atoms with van der Waals surface area (Å²) < 4.78 is 38.3. The average Bonchev–Trinajstić information content (AvgIpc) is 3.06. The first-order valence-electron chi connectivity index (χ1n) is 17.7. The Bertz CT molecular complexity index is 724. The monoisotopic (exact) mass is 639 g/mol. The van der Waals surface area contributed by atoms with Crippen molar-refractivity contribution in [3.05, 3.63) is 35.9 Å². The predicted octanol–water partition coefficient (Wildman–Crippen LogP) is 7.49. The lowest BCUT2D eigenvalue weighted by Crippen LogP contribution is -2.28. The van der Waals surface area contributed by atoms with Gasteiger partial charge in [0.05, 0.1) is 72.7 Å². The molecule has 0 heterocycles. The lowest BCUT2D eigenvalue weighted by Gasteiger charge is -2.09. The Kier molecular flexibility index (Phi) is 32.2. The van der Waals surface area contributed by atoms with Gasteiger partial charge in [-0.3, -0.25) is 0 Å². The topological polar surface area (TPSA) is 93.7 Å². The number of carbonyl (C=O) groups excluding carboxylic acids is 1. The zero-order valence-electron chi connectivity index (χ0n) is 28.5. The first kappa shape index (κ1) is 41.3. The predicted molar refractivity (Wildman–Crippen MR) is 180 cm³/mol. The Balaban J connectivity index is 1.64. The van der Waals surface area contributed by atoms with Crippen molar-refractivity contribution >= 4 is 6.09 Å². The molecular formula is C36H65NO8. The van der Waals surface area contributed by atoms with E-state index in [1.165, 1.54) is 83.5 Å². The molecule has 0 saturated carbocycles. The van der Waals surface area contributed by atoms with Crippen LogP contribution in [0.25, 0.3) is 0 Å². The number of amides is 1. The van der Waals surface area contributed by atoms with E-state index < -0.39 is 6.09 Å². The molecule has 9 heteroatoms. The third kappa shape index (κ3) is 32.0. The van der Waals surface area contributed by atoms with Gasteiger partial charge in [-0.2, -0.15) is 0 Å². The summed E-state index contributed by atoms with van der Waals surface area (Å²) in [5.41, 5.74) is 0.948. The van der Waals surface area contributed by atoms with Crippen LogP contribution in [-0.4, -0.2) is 91.9 Å². The van der Waals surface area contributed by atoms with Gasteiger partial charge in [0, 0.05) is 13.2 Å². The highest BCUT2D eigenvalue weighted by molar-refractivity contribution is 5.67. The summed E-state index contributed by atoms with van der Waals surface area (Å²) in [7, 11) is 0. The summed E-state index contributed by atoms with van der Waals surface area (Å²) >= 11 is 0. The van der Waals surface area contributed by atoms with E-state index >= 15 is 0 Å². The Morgan fingerprint density at radius 2 is 0.867 bits per heavy atom. The third-order valence-corrected chi connectivity index (χ3v) is 7.23. The van der Waals surface area contributed by atoms with Gasteiger partial charge in [-0.15, -0.1) is 0 Å². The number of hydrogen-bond acceptors (Lipinski definition) is 8. The zero-order valence-corrected chi connectivity index (χ0v) is 28.5. The fraction of sp³-hybridized carbons (Fsp3) is 0.806. The van der Waals surface area contributed by atoms with Crippen molar-refractivity contribution in [2.45, 2.75) is 103 Å². The Hall–Kier alpha value is -1.75. The molecule has 0 saturated heterocycles. The zero-order chi connectivity index (χ0) is 32.1. The van der Waals surface area contributed by atoms with Crippen LogP contribution in [0.5, 0.6) is 0 Å². The van der Waals surface area contributed by atoms with Gasteiger partial charge in [0.2, 0.25) is 0 Å². The van der Waals surface area contributed by atoms with Gasteiger partial charge >= 0.3 is 6.09 Å². The fourth-order valence-electron chi connectivity index (χ4n) is 4.60. The molecule has 0 radical (unpaired) electrons. The van der Waals surface area contributed by atoms with Gasteiger partial charge in [-0.25, -0.2) is 4.79 Å². The van der Waals surface area contributed by atoms with Crippen LogP contribution in [0.3, 0.4) is 0 Å². The third-order valence-electron chi connectivity index (χ3n) is 7.23. The van der Waals surface area contributed by atoms with Crippen molar-refractivity contribution in [1.29, 1.82) is 0 Å². The second-order valence-corrected chi connectivity index (χ2v) is 11.3. The number of hydrogen-bond donors (Lipinski definition) is 1. The SMILES string of the molecule is CCCCCCCCCCCCCCCCOCCOCCOCCOCCOCCOCCNC(=O)OCc1ccccc1. The maximum Gasteiger partial charge on any atom is 0.407 e. The van der Waals surface area contributed by atoms with Crippen molar-refractivity contribution in [2.75, 3.05) is 85.8 Å². The molecule has 0 aliphatic heterocycles. The molecule has 0 bridgehead atoms. The molecule has 0 aromatic heterocycles. The molecule has 1 aromatic rings. The van der Waals surface area contributed by atoms with E-state index in [-0.39, 0.29) is 6.61 Å². The number of rotatable bonds is 35. The van der Waals surface area contributed by atoms with Crippen LogP contribution in [0.15, 0.2) is 30.3 Å². The molecule has 0 spiro atoms. The Morgan fingerprint density at radius 1 is 0.489 bits per heavy atom. The molecule has 1 amide bonds. The van der Waals surface area contributed by atoms with Crippen LogP contribution < -0.4 is 5.32 Å². The molecule has 0 aliphatic carbocycles. The van der Waals surface area contributed by atoms with Crippen molar-refractivity contribution in [3.63, 3.8) is 0 Å². The van der Waals surface area contributed by atoms with Crippen molar-refractivity contribution in [3.8, 4) is 0 Å². The van der Waals surface area contributed by atoms with Crippen LogP contribution in [0.4, 0.5) is 4.79 Å². The number of carbonyl (C=O) groups is 1. The Labute approximate surface area is 274 Å². The van der Waals surface area contributed by atoms with E-state index in [1.807, 2.05) is 30.3 Å².